The third kappa shape index (κ3) is 28.4. The molecule has 6 N–H and O–H groups in total. The standard InChI is InChI=1S/C45H81O13P/c1-3-5-7-9-11-13-15-17-19-21-23-25-27-29-31-33-38(46)55-35-37(36-56-59(53,54)58-45-43(51)41(49)40(48)42(50)44(45)52)57-39(47)34-32-30-28-26-24-22-20-18-16-14-12-10-8-6-4-2/h16-17,19-20,37,40-45,48-52H,3-15,21-36H2,1-2H3,(H,53,54)/b19-17+/t18?,37-,40?,41-,42+,43+,44+,45?/m1/s1. The van der Waals surface area contributed by atoms with Gasteiger partial charge in [0.25, 0.3) is 0 Å². The van der Waals surface area contributed by atoms with Crippen LogP contribution in [0.2, 0.25) is 0 Å². The fourth-order valence-corrected chi connectivity index (χ4v) is 7.76. The molecular formula is C45H81O13P. The first-order valence-corrected chi connectivity index (χ1v) is 24.4. The van der Waals surface area contributed by atoms with E-state index in [9.17, 15) is 44.6 Å². The van der Waals surface area contributed by atoms with Gasteiger partial charge < -0.3 is 39.9 Å². The Balaban J connectivity index is 2.49. The highest BCUT2D eigenvalue weighted by molar-refractivity contribution is 7.47. The van der Waals surface area contributed by atoms with Gasteiger partial charge in [-0.2, -0.15) is 0 Å². The number of esters is 2. The van der Waals surface area contributed by atoms with Crippen LogP contribution in [-0.4, -0.2) is 98.3 Å². The van der Waals surface area contributed by atoms with Gasteiger partial charge in [-0.15, -0.1) is 5.73 Å². The summed E-state index contributed by atoms with van der Waals surface area (Å²) in [6.07, 6.45) is 23.0. The minimum Gasteiger partial charge on any atom is -0.462 e. The lowest BCUT2D eigenvalue weighted by Gasteiger charge is -2.41. The normalized spacial score (nSPS) is 22.1. The van der Waals surface area contributed by atoms with E-state index in [1.165, 1.54) is 70.6 Å². The molecule has 1 aliphatic rings. The summed E-state index contributed by atoms with van der Waals surface area (Å²) in [4.78, 5) is 35.6. The van der Waals surface area contributed by atoms with Crippen molar-refractivity contribution in [3.05, 3.63) is 30.0 Å². The Morgan fingerprint density at radius 1 is 0.559 bits per heavy atom. The van der Waals surface area contributed by atoms with Gasteiger partial charge in [0.1, 0.15) is 43.2 Å². The number of ether oxygens (including phenoxy) is 2. The smallest absolute Gasteiger partial charge is 0.462 e. The van der Waals surface area contributed by atoms with Gasteiger partial charge in [-0.1, -0.05) is 122 Å². The summed E-state index contributed by atoms with van der Waals surface area (Å²) < 4.78 is 33.5. The lowest BCUT2D eigenvalue weighted by Crippen LogP contribution is -2.64. The Bertz CT molecular complexity index is 1190. The molecule has 1 aliphatic carbocycles. The number of aliphatic hydroxyl groups is 5. The second-order valence-corrected chi connectivity index (χ2v) is 17.4. The van der Waals surface area contributed by atoms with E-state index in [0.717, 1.165) is 77.0 Å². The van der Waals surface area contributed by atoms with Crippen molar-refractivity contribution in [2.75, 3.05) is 13.2 Å². The van der Waals surface area contributed by atoms with E-state index >= 15 is 0 Å². The molecule has 0 spiro atoms. The molecule has 0 aromatic rings. The molecule has 3 unspecified atom stereocenters. The molecule has 13 nitrogen and oxygen atoms in total. The van der Waals surface area contributed by atoms with Crippen LogP contribution in [0.4, 0.5) is 0 Å². The monoisotopic (exact) mass is 861 g/mol. The maximum Gasteiger partial charge on any atom is 0.472 e. The van der Waals surface area contributed by atoms with E-state index in [1.807, 2.05) is 0 Å². The molecule has 0 amide bonds. The van der Waals surface area contributed by atoms with Gasteiger partial charge >= 0.3 is 19.8 Å². The van der Waals surface area contributed by atoms with E-state index in [-0.39, 0.29) is 12.8 Å². The molecule has 344 valence electrons. The second kappa shape index (κ2) is 35.7. The minimum absolute atomic E-state index is 0.0755. The maximum atomic E-state index is 12.8. The second-order valence-electron chi connectivity index (χ2n) is 16.0. The molecule has 0 heterocycles. The van der Waals surface area contributed by atoms with Crippen molar-refractivity contribution >= 4 is 19.8 Å². The zero-order chi connectivity index (χ0) is 43.6. The summed E-state index contributed by atoms with van der Waals surface area (Å²) in [6, 6.07) is 0. The Morgan fingerprint density at radius 2 is 0.966 bits per heavy atom. The van der Waals surface area contributed by atoms with E-state index in [4.69, 9.17) is 18.5 Å². The van der Waals surface area contributed by atoms with Crippen molar-refractivity contribution in [3.8, 4) is 0 Å². The molecule has 0 aliphatic heterocycles. The van der Waals surface area contributed by atoms with Crippen LogP contribution in [0.15, 0.2) is 30.0 Å². The average Bonchev–Trinajstić information content (AvgIpc) is 3.21. The molecular weight excluding hydrogens is 779 g/mol. The number of hydrogen-bond acceptors (Lipinski definition) is 12. The molecule has 8 atom stereocenters. The molecule has 1 saturated carbocycles. The highest BCUT2D eigenvalue weighted by atomic mass is 31.2. The predicted molar refractivity (Wildman–Crippen MR) is 229 cm³/mol. The number of aliphatic hydroxyl groups excluding tert-OH is 5. The zero-order valence-corrected chi connectivity index (χ0v) is 37.2. The quantitative estimate of drug-likeness (QED) is 0.0114. The van der Waals surface area contributed by atoms with Crippen LogP contribution < -0.4 is 0 Å². The van der Waals surface area contributed by atoms with E-state index in [0.29, 0.717) is 12.8 Å². The van der Waals surface area contributed by atoms with E-state index < -0.39 is 75.7 Å². The van der Waals surface area contributed by atoms with Crippen LogP contribution in [-0.2, 0) is 32.7 Å². The number of carbonyl (C=O) groups is 2. The van der Waals surface area contributed by atoms with Crippen LogP contribution in [0.3, 0.4) is 0 Å². The van der Waals surface area contributed by atoms with Crippen molar-refractivity contribution in [1.82, 2.24) is 0 Å². The van der Waals surface area contributed by atoms with Crippen LogP contribution in [0.1, 0.15) is 187 Å². The third-order valence-electron chi connectivity index (χ3n) is 10.5. The molecule has 0 saturated heterocycles. The fourth-order valence-electron chi connectivity index (χ4n) is 6.79. The van der Waals surface area contributed by atoms with Gasteiger partial charge in [0.05, 0.1) is 6.61 Å². The SMILES string of the molecule is CCCCCCCC=C=CCCCCCCCC(=O)O[C@H](COC(=O)CCCCCCC/C=C/CCCCCCCC)COP(=O)(O)OC1[C@@H](O)[C@H](O)C(O)[C@H](O)[C@@H]1O. The number of carbonyl (C=O) groups excluding carboxylic acids is 2. The summed E-state index contributed by atoms with van der Waals surface area (Å²) in [5, 5.41) is 50.1. The first-order valence-electron chi connectivity index (χ1n) is 22.9. The van der Waals surface area contributed by atoms with Crippen molar-refractivity contribution < 1.29 is 63.1 Å². The maximum absolute atomic E-state index is 12.8. The zero-order valence-electron chi connectivity index (χ0n) is 36.3. The molecule has 0 aromatic carbocycles. The first-order chi connectivity index (χ1) is 28.4. The number of allylic oxidation sites excluding steroid dienone is 3. The number of unbranched alkanes of at least 4 members (excludes halogenated alkanes) is 21. The van der Waals surface area contributed by atoms with Crippen LogP contribution in [0.5, 0.6) is 0 Å². The molecule has 0 bridgehead atoms. The van der Waals surface area contributed by atoms with Gasteiger partial charge in [-0.25, -0.2) is 4.57 Å². The fraction of sp³-hybridized carbons (Fsp3) is 0.844. The summed E-state index contributed by atoms with van der Waals surface area (Å²) in [6.45, 7) is 3.25. The van der Waals surface area contributed by atoms with Gasteiger partial charge in [0, 0.05) is 12.8 Å². The summed E-state index contributed by atoms with van der Waals surface area (Å²) in [7, 11) is -5.12. The van der Waals surface area contributed by atoms with Gasteiger partial charge in [0.15, 0.2) is 6.10 Å². The van der Waals surface area contributed by atoms with Crippen molar-refractivity contribution in [2.45, 2.75) is 230 Å². The summed E-state index contributed by atoms with van der Waals surface area (Å²) in [5.41, 5.74) is 3.26. The lowest BCUT2D eigenvalue weighted by atomic mass is 9.85. The van der Waals surface area contributed by atoms with E-state index in [2.05, 4.69) is 43.9 Å². The minimum atomic E-state index is -5.12. The average molecular weight is 861 g/mol. The highest BCUT2D eigenvalue weighted by Gasteiger charge is 2.51. The van der Waals surface area contributed by atoms with Gasteiger partial charge in [-0.3, -0.25) is 18.6 Å². The Kier molecular flexibility index (Phi) is 33.3. The molecule has 1 rings (SSSR count). The number of rotatable bonds is 37. The molecule has 14 heteroatoms. The largest absolute Gasteiger partial charge is 0.472 e. The first kappa shape index (κ1) is 55.1. The Morgan fingerprint density at radius 3 is 1.46 bits per heavy atom. The van der Waals surface area contributed by atoms with Gasteiger partial charge in [0.2, 0.25) is 0 Å². The highest BCUT2D eigenvalue weighted by Crippen LogP contribution is 2.47. The third-order valence-corrected chi connectivity index (χ3v) is 11.5. The van der Waals surface area contributed by atoms with Gasteiger partial charge in [-0.05, 0) is 76.4 Å². The Labute approximate surface area is 355 Å². The summed E-state index contributed by atoms with van der Waals surface area (Å²) >= 11 is 0. The molecule has 0 aromatic heterocycles. The number of phosphoric ester groups is 1. The van der Waals surface area contributed by atoms with Crippen molar-refractivity contribution in [2.24, 2.45) is 0 Å². The molecule has 0 radical (unpaired) electrons. The Hall–Kier alpha value is -1.89. The van der Waals surface area contributed by atoms with Crippen LogP contribution in [0, 0.1) is 0 Å². The van der Waals surface area contributed by atoms with Crippen LogP contribution >= 0.6 is 7.82 Å². The topological polar surface area (TPSA) is 210 Å². The summed E-state index contributed by atoms with van der Waals surface area (Å²) in [5.74, 6) is -1.13. The van der Waals surface area contributed by atoms with E-state index in [1.54, 1.807) is 0 Å². The van der Waals surface area contributed by atoms with Crippen molar-refractivity contribution in [1.29, 1.82) is 0 Å². The predicted octanol–water partition coefficient (Wildman–Crippen LogP) is 8.60. The molecule has 59 heavy (non-hydrogen) atoms. The van der Waals surface area contributed by atoms with Crippen molar-refractivity contribution in [3.63, 3.8) is 0 Å². The van der Waals surface area contributed by atoms with Crippen LogP contribution in [0.25, 0.3) is 0 Å². The number of phosphoric acid groups is 1. The molecule has 1 fully saturated rings. The lowest BCUT2D eigenvalue weighted by molar-refractivity contribution is -0.220. The number of hydrogen-bond donors (Lipinski definition) is 6.